The molecule has 0 saturated carbocycles. The maximum absolute atomic E-state index is 2.47. The first kappa shape index (κ1) is 38.5. The van der Waals surface area contributed by atoms with Crippen LogP contribution in [0.3, 0.4) is 0 Å². The number of thiophene rings is 2. The summed E-state index contributed by atoms with van der Waals surface area (Å²) in [6, 6.07) is 81.2. The molecule has 0 fully saturated rings. The van der Waals surface area contributed by atoms with Crippen molar-refractivity contribution in [2.75, 3.05) is 4.90 Å². The van der Waals surface area contributed by atoms with Crippen molar-refractivity contribution in [1.82, 2.24) is 4.57 Å². The van der Waals surface area contributed by atoms with Crippen molar-refractivity contribution in [1.29, 1.82) is 0 Å². The molecule has 316 valence electrons. The van der Waals surface area contributed by atoms with Gasteiger partial charge < -0.3 is 9.47 Å². The van der Waals surface area contributed by atoms with Crippen molar-refractivity contribution in [3.05, 3.63) is 230 Å². The van der Waals surface area contributed by atoms with Crippen LogP contribution in [0.2, 0.25) is 0 Å². The number of hydrogen-bond acceptors (Lipinski definition) is 3. The minimum atomic E-state index is -0.0860. The first-order chi connectivity index (χ1) is 33.0. The van der Waals surface area contributed by atoms with Crippen molar-refractivity contribution in [3.8, 4) is 39.1 Å². The molecular formula is C63H42N2S2. The number of para-hydroxylation sites is 1. The van der Waals surface area contributed by atoms with E-state index >= 15 is 0 Å². The van der Waals surface area contributed by atoms with Gasteiger partial charge in [0.1, 0.15) is 0 Å². The molecule has 13 aromatic rings. The maximum Gasteiger partial charge on any atom is 0.0554 e. The van der Waals surface area contributed by atoms with Gasteiger partial charge in [0.15, 0.2) is 0 Å². The lowest BCUT2D eigenvalue weighted by molar-refractivity contribution is 0.661. The Morgan fingerprint density at radius 2 is 1.00 bits per heavy atom. The van der Waals surface area contributed by atoms with Crippen LogP contribution in [0.5, 0.6) is 0 Å². The highest BCUT2D eigenvalue weighted by atomic mass is 32.1. The molecule has 1 aliphatic rings. The Morgan fingerprint density at radius 1 is 0.388 bits per heavy atom. The molecule has 0 spiro atoms. The number of fused-ring (bicyclic) bond motifs is 12. The molecule has 4 heteroatoms. The lowest BCUT2D eigenvalue weighted by Gasteiger charge is -2.27. The molecule has 0 atom stereocenters. The average Bonchev–Trinajstić information content (AvgIpc) is 4.11. The molecule has 3 heterocycles. The fraction of sp³-hybridized carbons (Fsp3) is 0.0476. The highest BCUT2D eigenvalue weighted by Gasteiger charge is 2.36. The third-order valence-electron chi connectivity index (χ3n) is 14.4. The fourth-order valence-corrected chi connectivity index (χ4v) is 13.6. The number of hydrogen-bond donors (Lipinski definition) is 0. The van der Waals surface area contributed by atoms with Gasteiger partial charge in [0, 0.05) is 73.6 Å². The molecule has 3 aromatic heterocycles. The van der Waals surface area contributed by atoms with E-state index in [2.05, 4.69) is 242 Å². The lowest BCUT2D eigenvalue weighted by atomic mass is 9.82. The first-order valence-electron chi connectivity index (χ1n) is 23.1. The summed E-state index contributed by atoms with van der Waals surface area (Å²) in [5.74, 6) is 0. The monoisotopic (exact) mass is 890 g/mol. The van der Waals surface area contributed by atoms with Crippen molar-refractivity contribution in [2.24, 2.45) is 0 Å². The third-order valence-corrected chi connectivity index (χ3v) is 16.8. The van der Waals surface area contributed by atoms with Gasteiger partial charge in [-0.3, -0.25) is 0 Å². The summed E-state index contributed by atoms with van der Waals surface area (Å²) < 4.78 is 7.70. The van der Waals surface area contributed by atoms with E-state index in [-0.39, 0.29) is 5.41 Å². The fourth-order valence-electron chi connectivity index (χ4n) is 11.2. The predicted octanol–water partition coefficient (Wildman–Crippen LogP) is 18.6. The second kappa shape index (κ2) is 14.6. The quantitative estimate of drug-likeness (QED) is 0.161. The summed E-state index contributed by atoms with van der Waals surface area (Å²) in [5.41, 5.74) is 17.3. The van der Waals surface area contributed by atoms with Crippen LogP contribution in [0.15, 0.2) is 218 Å². The van der Waals surface area contributed by atoms with Crippen LogP contribution in [-0.4, -0.2) is 4.57 Å². The molecule has 0 unspecified atom stereocenters. The molecule has 67 heavy (non-hydrogen) atoms. The number of rotatable bonds is 6. The summed E-state index contributed by atoms with van der Waals surface area (Å²) in [6.07, 6.45) is 0. The van der Waals surface area contributed by atoms with Crippen LogP contribution >= 0.6 is 22.7 Å². The molecule has 1 aliphatic carbocycles. The maximum atomic E-state index is 2.47. The van der Waals surface area contributed by atoms with Crippen LogP contribution in [-0.2, 0) is 5.41 Å². The Kier molecular flexibility index (Phi) is 8.40. The molecule has 0 aliphatic heterocycles. The third kappa shape index (κ3) is 5.80. The Morgan fingerprint density at radius 3 is 1.81 bits per heavy atom. The van der Waals surface area contributed by atoms with Gasteiger partial charge in [-0.1, -0.05) is 147 Å². The van der Waals surface area contributed by atoms with E-state index < -0.39 is 0 Å². The second-order valence-corrected chi connectivity index (χ2v) is 20.6. The standard InChI is InChI=1S/C63H42N2S2/c1-63(2)53-21-9-6-16-46(53)50-37-52-51-36-41(30-35-55(51)65(57(52)38-54(50)63)42-14-4-3-5-15-42)39-26-31-43(32-27-39)64(56-22-13-25-60-61(56)49-18-8-11-24-59(49)66-60)44-33-28-40(29-34-44)45-19-12-20-48-47-17-7-10-23-58(47)67-62(45)48/h3-38H,1-2H3. The van der Waals surface area contributed by atoms with Crippen LogP contribution < -0.4 is 4.90 Å². The average molecular weight is 891 g/mol. The molecule has 0 amide bonds. The second-order valence-electron chi connectivity index (χ2n) is 18.4. The molecule has 2 nitrogen and oxygen atoms in total. The van der Waals surface area contributed by atoms with E-state index in [1.807, 2.05) is 22.7 Å². The number of nitrogens with zero attached hydrogens (tertiary/aromatic N) is 2. The Hall–Kier alpha value is -7.76. The predicted molar refractivity (Wildman–Crippen MR) is 290 cm³/mol. The van der Waals surface area contributed by atoms with E-state index in [0.29, 0.717) is 0 Å². The van der Waals surface area contributed by atoms with Crippen LogP contribution in [0.1, 0.15) is 25.0 Å². The molecule has 0 N–H and O–H groups in total. The minimum Gasteiger partial charge on any atom is -0.310 e. The zero-order valence-electron chi connectivity index (χ0n) is 37.0. The van der Waals surface area contributed by atoms with E-state index in [1.165, 1.54) is 118 Å². The molecule has 10 aromatic carbocycles. The van der Waals surface area contributed by atoms with Gasteiger partial charge in [0.25, 0.3) is 0 Å². The molecule has 14 rings (SSSR count). The van der Waals surface area contributed by atoms with Gasteiger partial charge in [0.05, 0.1) is 16.7 Å². The van der Waals surface area contributed by atoms with Gasteiger partial charge in [-0.2, -0.15) is 0 Å². The van der Waals surface area contributed by atoms with Gasteiger partial charge in [0.2, 0.25) is 0 Å². The van der Waals surface area contributed by atoms with Gasteiger partial charge >= 0.3 is 0 Å². The van der Waals surface area contributed by atoms with Crippen molar-refractivity contribution >= 4 is 102 Å². The van der Waals surface area contributed by atoms with Gasteiger partial charge in [-0.05, 0) is 129 Å². The molecular weight excluding hydrogens is 849 g/mol. The largest absolute Gasteiger partial charge is 0.310 e. The highest BCUT2D eigenvalue weighted by Crippen LogP contribution is 2.52. The van der Waals surface area contributed by atoms with E-state index in [4.69, 9.17) is 0 Å². The van der Waals surface area contributed by atoms with Crippen molar-refractivity contribution in [3.63, 3.8) is 0 Å². The zero-order chi connectivity index (χ0) is 44.4. The van der Waals surface area contributed by atoms with E-state index in [1.54, 1.807) is 0 Å². The Balaban J connectivity index is 0.908. The van der Waals surface area contributed by atoms with Crippen molar-refractivity contribution in [2.45, 2.75) is 19.3 Å². The molecule has 0 bridgehead atoms. The van der Waals surface area contributed by atoms with Crippen LogP contribution in [0.4, 0.5) is 17.1 Å². The Bertz CT molecular complexity index is 4110. The summed E-state index contributed by atoms with van der Waals surface area (Å²) in [4.78, 5) is 2.45. The van der Waals surface area contributed by atoms with E-state index in [9.17, 15) is 0 Å². The van der Waals surface area contributed by atoms with Crippen molar-refractivity contribution < 1.29 is 0 Å². The normalized spacial score (nSPS) is 13.0. The molecule has 0 saturated heterocycles. The summed E-state index contributed by atoms with van der Waals surface area (Å²) in [5, 5.41) is 7.74. The summed E-state index contributed by atoms with van der Waals surface area (Å²) in [7, 11) is 0. The Labute approximate surface area is 396 Å². The number of benzene rings is 10. The highest BCUT2D eigenvalue weighted by molar-refractivity contribution is 7.26. The zero-order valence-corrected chi connectivity index (χ0v) is 38.6. The lowest BCUT2D eigenvalue weighted by Crippen LogP contribution is -2.14. The molecule has 0 radical (unpaired) electrons. The van der Waals surface area contributed by atoms with Gasteiger partial charge in [-0.15, -0.1) is 22.7 Å². The first-order valence-corrected chi connectivity index (χ1v) is 24.7. The van der Waals surface area contributed by atoms with Gasteiger partial charge in [-0.25, -0.2) is 0 Å². The summed E-state index contributed by atoms with van der Waals surface area (Å²) in [6.45, 7) is 4.74. The minimum absolute atomic E-state index is 0.0860. The smallest absolute Gasteiger partial charge is 0.0554 e. The SMILES string of the molecule is CC1(C)c2ccccc2-c2cc3c4cc(-c5ccc(N(c6ccc(-c7cccc8c7sc7ccccc78)cc6)c6cccc7sc8ccccc8c67)cc5)ccc4n(-c4ccccc4)c3cc21. The van der Waals surface area contributed by atoms with Crippen LogP contribution in [0.25, 0.3) is 101 Å². The van der Waals surface area contributed by atoms with Crippen LogP contribution in [0, 0.1) is 0 Å². The number of aromatic nitrogens is 1. The number of anilines is 3. The van der Waals surface area contributed by atoms with E-state index in [0.717, 1.165) is 11.4 Å². The summed E-state index contributed by atoms with van der Waals surface area (Å²) >= 11 is 3.75. The topological polar surface area (TPSA) is 8.17 Å².